The van der Waals surface area contributed by atoms with Gasteiger partial charge in [-0.05, 0) is 80.5 Å². The van der Waals surface area contributed by atoms with Crippen molar-refractivity contribution in [2.24, 2.45) is 17.8 Å². The predicted octanol–water partition coefficient (Wildman–Crippen LogP) is 4.14. The molecule has 2 saturated heterocycles. The minimum Gasteiger partial charge on any atom is -0.457 e. The number of benzene rings is 1. The topological polar surface area (TPSA) is 117 Å². The quantitative estimate of drug-likeness (QED) is 0.354. The lowest BCUT2D eigenvalue weighted by molar-refractivity contribution is -0.151. The molecule has 6 atom stereocenters. The molecule has 0 spiro atoms. The number of esters is 1. The molecule has 0 radical (unpaired) electrons. The van der Waals surface area contributed by atoms with Crippen LogP contribution in [0.3, 0.4) is 0 Å². The summed E-state index contributed by atoms with van der Waals surface area (Å²) in [6.45, 7) is 9.61. The van der Waals surface area contributed by atoms with Crippen LogP contribution in [0.25, 0.3) is 6.08 Å². The Kier molecular flexibility index (Phi) is 12.3. The molecule has 0 aliphatic carbocycles. The largest absolute Gasteiger partial charge is 0.457 e. The summed E-state index contributed by atoms with van der Waals surface area (Å²) in [4.78, 5) is 31.8. The average molecular weight is 664 g/mol. The van der Waals surface area contributed by atoms with E-state index in [0.717, 1.165) is 13.1 Å². The molecule has 3 aliphatic rings. The third-order valence-electron chi connectivity index (χ3n) is 9.19. The molecular formula is C34H50FN3O7S. The normalized spacial score (nSPS) is 29.9. The van der Waals surface area contributed by atoms with Crippen molar-refractivity contribution in [1.29, 1.82) is 0 Å². The van der Waals surface area contributed by atoms with Crippen LogP contribution in [0, 0.1) is 23.6 Å². The molecule has 1 aromatic rings. The molecule has 0 unspecified atom stereocenters. The highest BCUT2D eigenvalue weighted by Gasteiger charge is 2.30. The van der Waals surface area contributed by atoms with Gasteiger partial charge in [0.05, 0.1) is 18.3 Å². The average Bonchev–Trinajstić information content (AvgIpc) is 3.43. The number of rotatable bonds is 6. The van der Waals surface area contributed by atoms with E-state index in [4.69, 9.17) is 9.47 Å². The summed E-state index contributed by atoms with van der Waals surface area (Å²) < 4.78 is 50.3. The SMILES string of the molecule is C/C(=C\c1cc(F)cc(N2CC[C@H](CS(C)(=O)=O)C2)c1)[C@H]1OC(=O)C[C@H](O)CC[C@H](C)[C@@H](OC(=O)N2CCN(C)CC2)/C=C/[C@@H]1C. The van der Waals surface area contributed by atoms with Gasteiger partial charge in [0, 0.05) is 57.1 Å². The van der Waals surface area contributed by atoms with Gasteiger partial charge in [-0.25, -0.2) is 17.6 Å². The van der Waals surface area contributed by atoms with Crippen LogP contribution < -0.4 is 4.90 Å². The Morgan fingerprint density at radius 2 is 1.80 bits per heavy atom. The van der Waals surface area contributed by atoms with Crippen LogP contribution in [-0.2, 0) is 24.1 Å². The van der Waals surface area contributed by atoms with E-state index in [1.165, 1.54) is 18.4 Å². The third kappa shape index (κ3) is 10.5. The van der Waals surface area contributed by atoms with Crippen LogP contribution in [0.1, 0.15) is 52.0 Å². The van der Waals surface area contributed by atoms with Crippen LogP contribution >= 0.6 is 0 Å². The van der Waals surface area contributed by atoms with E-state index in [0.29, 0.717) is 62.3 Å². The summed E-state index contributed by atoms with van der Waals surface area (Å²) in [7, 11) is -1.09. The first-order chi connectivity index (χ1) is 21.7. The smallest absolute Gasteiger partial charge is 0.410 e. The van der Waals surface area contributed by atoms with Crippen molar-refractivity contribution in [3.63, 3.8) is 0 Å². The molecule has 1 N–H and O–H groups in total. The van der Waals surface area contributed by atoms with Gasteiger partial charge in [-0.2, -0.15) is 0 Å². The fourth-order valence-corrected chi connectivity index (χ4v) is 7.60. The Morgan fingerprint density at radius 1 is 1.09 bits per heavy atom. The standard InChI is InChI=1S/C34H50FN3O7S/c1-23-6-8-30(39)20-32(40)45-33(24(2)7-9-31(23)44-34(41)37-14-12-36(4)13-15-37)25(3)16-27-17-28(35)19-29(18-27)38-11-10-26(21-38)22-46(5,42)43/h7,9,16-19,23-24,26,30-31,33,39H,6,8,10-15,20-22H2,1-5H3/b9-7+,25-16+/t23-,24-,26-,30+,31-,33-/m0/s1. The van der Waals surface area contributed by atoms with Gasteiger partial charge < -0.3 is 29.3 Å². The molecule has 10 nitrogen and oxygen atoms in total. The lowest BCUT2D eigenvalue weighted by Crippen LogP contribution is -2.48. The Bertz CT molecular complexity index is 1390. The van der Waals surface area contributed by atoms with Crippen molar-refractivity contribution in [3.05, 3.63) is 47.3 Å². The number of cyclic esters (lactones) is 1. The zero-order chi connectivity index (χ0) is 33.6. The van der Waals surface area contributed by atoms with Gasteiger partial charge in [0.15, 0.2) is 0 Å². The van der Waals surface area contributed by atoms with Crippen molar-refractivity contribution in [2.75, 3.05) is 63.2 Å². The van der Waals surface area contributed by atoms with Crippen LogP contribution in [0.15, 0.2) is 35.9 Å². The lowest BCUT2D eigenvalue weighted by atomic mass is 9.91. The number of aliphatic hydroxyl groups is 1. The molecule has 2 fully saturated rings. The Balaban J connectivity index is 1.55. The first kappa shape index (κ1) is 35.9. The molecular weight excluding hydrogens is 613 g/mol. The molecule has 46 heavy (non-hydrogen) atoms. The summed E-state index contributed by atoms with van der Waals surface area (Å²) in [5, 5.41) is 10.6. The highest BCUT2D eigenvalue weighted by Crippen LogP contribution is 2.29. The van der Waals surface area contributed by atoms with E-state index < -0.39 is 39.9 Å². The maximum Gasteiger partial charge on any atom is 0.410 e. The number of nitrogens with zero attached hydrogens (tertiary/aromatic N) is 3. The number of ether oxygens (including phenoxy) is 2. The first-order valence-corrected chi connectivity index (χ1v) is 18.3. The molecule has 3 aliphatic heterocycles. The summed E-state index contributed by atoms with van der Waals surface area (Å²) in [6.07, 6.45) is 5.74. The molecule has 12 heteroatoms. The number of amides is 1. The van der Waals surface area contributed by atoms with Gasteiger partial charge in [-0.1, -0.05) is 26.0 Å². The fourth-order valence-electron chi connectivity index (χ4n) is 6.47. The summed E-state index contributed by atoms with van der Waals surface area (Å²) in [6, 6.07) is 4.71. The molecule has 0 aromatic heterocycles. The number of carbonyl (C=O) groups is 2. The molecule has 3 heterocycles. The number of halogens is 1. The van der Waals surface area contributed by atoms with Crippen molar-refractivity contribution < 1.29 is 37.0 Å². The van der Waals surface area contributed by atoms with E-state index in [2.05, 4.69) is 4.90 Å². The fraction of sp³-hybridized carbons (Fsp3) is 0.647. The monoisotopic (exact) mass is 663 g/mol. The Hall–Kier alpha value is -2.96. The summed E-state index contributed by atoms with van der Waals surface area (Å²) >= 11 is 0. The number of hydrogen-bond donors (Lipinski definition) is 1. The zero-order valence-electron chi connectivity index (χ0n) is 27.7. The van der Waals surface area contributed by atoms with E-state index >= 15 is 0 Å². The number of likely N-dealkylation sites (N-methyl/N-ethyl adjacent to an activating group) is 1. The number of sulfone groups is 1. The minimum atomic E-state index is -3.11. The second-order valence-electron chi connectivity index (χ2n) is 13.5. The second-order valence-corrected chi connectivity index (χ2v) is 15.7. The molecule has 0 saturated carbocycles. The van der Waals surface area contributed by atoms with Crippen molar-refractivity contribution in [3.8, 4) is 0 Å². The Labute approximate surface area is 273 Å². The lowest BCUT2D eigenvalue weighted by Gasteiger charge is -2.33. The molecule has 256 valence electrons. The Morgan fingerprint density at radius 3 is 2.50 bits per heavy atom. The zero-order valence-corrected chi connectivity index (χ0v) is 28.5. The maximum absolute atomic E-state index is 14.8. The van der Waals surface area contributed by atoms with Crippen LogP contribution in [0.4, 0.5) is 14.9 Å². The van der Waals surface area contributed by atoms with Crippen molar-refractivity contribution in [2.45, 2.75) is 64.8 Å². The van der Waals surface area contributed by atoms with Crippen LogP contribution in [-0.4, -0.2) is 112 Å². The maximum atomic E-state index is 14.8. The number of carbonyl (C=O) groups excluding carboxylic acids is 2. The molecule has 1 amide bonds. The van der Waals surface area contributed by atoms with Gasteiger partial charge >= 0.3 is 12.1 Å². The number of anilines is 1. The summed E-state index contributed by atoms with van der Waals surface area (Å²) in [5.74, 6) is -1.26. The highest BCUT2D eigenvalue weighted by molar-refractivity contribution is 7.90. The molecule has 4 rings (SSSR count). The van der Waals surface area contributed by atoms with Gasteiger partial charge in [-0.15, -0.1) is 0 Å². The summed E-state index contributed by atoms with van der Waals surface area (Å²) in [5.41, 5.74) is 1.94. The molecule has 0 bridgehead atoms. The molecule has 1 aromatic carbocycles. The van der Waals surface area contributed by atoms with Crippen molar-refractivity contribution in [1.82, 2.24) is 9.80 Å². The van der Waals surface area contributed by atoms with Gasteiger partial charge in [0.2, 0.25) is 0 Å². The van der Waals surface area contributed by atoms with E-state index in [9.17, 15) is 27.5 Å². The van der Waals surface area contributed by atoms with E-state index in [-0.39, 0.29) is 36.0 Å². The number of hydrogen-bond acceptors (Lipinski definition) is 9. The van der Waals surface area contributed by atoms with Gasteiger partial charge in [-0.3, -0.25) is 4.79 Å². The van der Waals surface area contributed by atoms with Crippen LogP contribution in [0.2, 0.25) is 0 Å². The van der Waals surface area contributed by atoms with Crippen molar-refractivity contribution >= 4 is 33.7 Å². The van der Waals surface area contributed by atoms with E-state index in [1.807, 2.05) is 50.9 Å². The van der Waals surface area contributed by atoms with Crippen LogP contribution in [0.5, 0.6) is 0 Å². The minimum absolute atomic E-state index is 0.00927. The first-order valence-electron chi connectivity index (χ1n) is 16.3. The van der Waals surface area contributed by atoms with E-state index in [1.54, 1.807) is 11.0 Å². The van der Waals surface area contributed by atoms with Gasteiger partial charge in [0.1, 0.15) is 27.9 Å². The predicted molar refractivity (Wildman–Crippen MR) is 177 cm³/mol. The second kappa shape index (κ2) is 15.8. The third-order valence-corrected chi connectivity index (χ3v) is 10.3. The highest BCUT2D eigenvalue weighted by atomic mass is 32.2. The number of piperazine rings is 1. The van der Waals surface area contributed by atoms with Gasteiger partial charge in [0.25, 0.3) is 0 Å². The number of aliphatic hydroxyl groups excluding tert-OH is 1.